The number of carbonyl (C=O) groups is 1. The first-order valence-corrected chi connectivity index (χ1v) is 9.07. The van der Waals surface area contributed by atoms with Crippen LogP contribution >= 0.6 is 24.0 Å². The number of nitrogens with one attached hydrogen (secondary N) is 2. The zero-order chi connectivity index (χ0) is 19.2. The number of aliphatic imine (C=N–C) groups is 1. The van der Waals surface area contributed by atoms with Crippen LogP contribution < -0.4 is 10.6 Å². The second-order valence-electron chi connectivity index (χ2n) is 7.42. The minimum absolute atomic E-state index is 0. The minimum Gasteiger partial charge on any atom is -0.508 e. The van der Waals surface area contributed by atoms with Crippen LogP contribution in [0.25, 0.3) is 0 Å². The van der Waals surface area contributed by atoms with Crippen LogP contribution in [0.1, 0.15) is 39.7 Å². The fourth-order valence-electron chi connectivity index (χ4n) is 2.79. The molecule has 1 amide bonds. The lowest BCUT2D eigenvalue weighted by Gasteiger charge is -2.23. The van der Waals surface area contributed by atoms with Crippen molar-refractivity contribution >= 4 is 36.0 Å². The molecule has 0 aliphatic carbocycles. The number of hydrogen-bond donors (Lipinski definition) is 3. The van der Waals surface area contributed by atoms with Crippen LogP contribution in [0.15, 0.2) is 29.3 Å². The summed E-state index contributed by atoms with van der Waals surface area (Å²) in [6, 6.07) is 7.14. The highest BCUT2D eigenvalue weighted by atomic mass is 127. The summed E-state index contributed by atoms with van der Waals surface area (Å²) < 4.78 is 5.32. The third-order valence-electron chi connectivity index (χ3n) is 3.87. The molecule has 7 nitrogen and oxygen atoms in total. The van der Waals surface area contributed by atoms with E-state index in [9.17, 15) is 9.90 Å². The highest BCUT2D eigenvalue weighted by molar-refractivity contribution is 14.0. The summed E-state index contributed by atoms with van der Waals surface area (Å²) in [5, 5.41) is 15.8. The predicted molar refractivity (Wildman–Crippen MR) is 118 cm³/mol. The largest absolute Gasteiger partial charge is 0.508 e. The van der Waals surface area contributed by atoms with E-state index in [-0.39, 0.29) is 41.9 Å². The zero-order valence-corrected chi connectivity index (χ0v) is 18.8. The van der Waals surface area contributed by atoms with Crippen molar-refractivity contribution in [3.05, 3.63) is 29.8 Å². The molecule has 0 radical (unpaired) electrons. The number of likely N-dealkylation sites (tertiary alicyclic amines) is 1. The van der Waals surface area contributed by atoms with Crippen molar-refractivity contribution in [3.63, 3.8) is 0 Å². The van der Waals surface area contributed by atoms with Gasteiger partial charge in [0, 0.05) is 19.6 Å². The molecule has 3 N–H and O–H groups in total. The van der Waals surface area contributed by atoms with E-state index in [1.807, 2.05) is 39.8 Å². The number of benzene rings is 1. The predicted octanol–water partition coefficient (Wildman–Crippen LogP) is 3.07. The molecular weight excluding hydrogens is 459 g/mol. The maximum absolute atomic E-state index is 11.9. The maximum atomic E-state index is 11.9. The van der Waals surface area contributed by atoms with E-state index in [0.29, 0.717) is 13.1 Å². The van der Waals surface area contributed by atoms with E-state index >= 15 is 0 Å². The van der Waals surface area contributed by atoms with E-state index in [0.717, 1.165) is 31.0 Å². The summed E-state index contributed by atoms with van der Waals surface area (Å²) >= 11 is 0. The molecule has 0 bridgehead atoms. The number of guanidine groups is 1. The highest BCUT2D eigenvalue weighted by Gasteiger charge is 2.27. The Kier molecular flexibility index (Phi) is 9.14. The lowest BCUT2D eigenvalue weighted by Crippen LogP contribution is -2.44. The van der Waals surface area contributed by atoms with Crippen molar-refractivity contribution in [2.24, 2.45) is 4.99 Å². The van der Waals surface area contributed by atoms with E-state index in [2.05, 4.69) is 20.5 Å². The summed E-state index contributed by atoms with van der Waals surface area (Å²) in [4.78, 5) is 18.7. The molecule has 0 aromatic heterocycles. The van der Waals surface area contributed by atoms with Crippen molar-refractivity contribution in [1.82, 2.24) is 15.5 Å². The van der Waals surface area contributed by atoms with Gasteiger partial charge in [0.2, 0.25) is 0 Å². The van der Waals surface area contributed by atoms with Crippen molar-refractivity contribution < 1.29 is 14.6 Å². The Bertz CT molecular complexity index is 646. The van der Waals surface area contributed by atoms with Crippen LogP contribution in [0.5, 0.6) is 5.75 Å². The van der Waals surface area contributed by atoms with Crippen LogP contribution in [0.3, 0.4) is 0 Å². The normalized spacial score (nSPS) is 17.3. The van der Waals surface area contributed by atoms with E-state index < -0.39 is 5.60 Å². The highest BCUT2D eigenvalue weighted by Crippen LogP contribution is 2.14. The molecular formula is C19H31IN4O3. The molecule has 1 unspecified atom stereocenters. The number of alkyl carbamates (subject to hydrolysis) is 1. The third-order valence-corrected chi connectivity index (χ3v) is 3.87. The third kappa shape index (κ3) is 8.23. The molecule has 1 fully saturated rings. The van der Waals surface area contributed by atoms with Gasteiger partial charge in [0.15, 0.2) is 5.96 Å². The van der Waals surface area contributed by atoms with Crippen molar-refractivity contribution in [2.75, 3.05) is 19.6 Å². The first-order valence-electron chi connectivity index (χ1n) is 9.07. The maximum Gasteiger partial charge on any atom is 0.407 e. The number of phenolic OH excluding ortho intramolecular Hbond substituents is 1. The average molecular weight is 490 g/mol. The Labute approximate surface area is 178 Å². The van der Waals surface area contributed by atoms with E-state index in [4.69, 9.17) is 4.74 Å². The molecule has 1 saturated heterocycles. The first-order chi connectivity index (χ1) is 12.3. The lowest BCUT2D eigenvalue weighted by molar-refractivity contribution is 0.0507. The molecule has 8 heteroatoms. The number of nitrogens with zero attached hydrogens (tertiary/aromatic N) is 2. The Morgan fingerprint density at radius 2 is 2.15 bits per heavy atom. The van der Waals surface area contributed by atoms with Crippen molar-refractivity contribution in [3.8, 4) is 5.75 Å². The summed E-state index contributed by atoms with van der Waals surface area (Å²) in [6.07, 6.45) is 0.460. The molecule has 1 aromatic rings. The van der Waals surface area contributed by atoms with Crippen LogP contribution in [-0.4, -0.2) is 53.3 Å². The molecule has 1 heterocycles. The van der Waals surface area contributed by atoms with Crippen LogP contribution in [0.2, 0.25) is 0 Å². The number of phenols is 1. The van der Waals surface area contributed by atoms with Gasteiger partial charge < -0.3 is 25.4 Å². The van der Waals surface area contributed by atoms with Gasteiger partial charge in [-0.3, -0.25) is 0 Å². The number of carbonyl (C=O) groups excluding carboxylic acids is 1. The van der Waals surface area contributed by atoms with Crippen LogP contribution in [0.4, 0.5) is 4.79 Å². The van der Waals surface area contributed by atoms with Gasteiger partial charge in [-0.05, 0) is 51.8 Å². The summed E-state index contributed by atoms with van der Waals surface area (Å²) in [5.74, 6) is 1.05. The molecule has 27 heavy (non-hydrogen) atoms. The Morgan fingerprint density at radius 3 is 2.78 bits per heavy atom. The number of hydrogen-bond acceptors (Lipinski definition) is 4. The summed E-state index contributed by atoms with van der Waals surface area (Å²) in [5.41, 5.74) is 0.447. The van der Waals surface area contributed by atoms with Gasteiger partial charge in [0.05, 0.1) is 12.6 Å². The van der Waals surface area contributed by atoms with Gasteiger partial charge in [-0.15, -0.1) is 24.0 Å². The van der Waals surface area contributed by atoms with Gasteiger partial charge in [-0.25, -0.2) is 9.79 Å². The summed E-state index contributed by atoms with van der Waals surface area (Å²) in [6.45, 7) is 10.3. The van der Waals surface area contributed by atoms with Gasteiger partial charge in [0.25, 0.3) is 0 Å². The lowest BCUT2D eigenvalue weighted by atomic mass is 10.2. The fourth-order valence-corrected chi connectivity index (χ4v) is 2.79. The molecule has 0 saturated carbocycles. The average Bonchev–Trinajstić information content (AvgIpc) is 2.97. The van der Waals surface area contributed by atoms with Gasteiger partial charge in [-0.1, -0.05) is 12.1 Å². The number of halogens is 1. The molecule has 1 atom stereocenters. The summed E-state index contributed by atoms with van der Waals surface area (Å²) in [7, 11) is 0. The SMILES string of the molecule is CCNC(=NCc1cccc(O)c1)N1CCC(NC(=O)OC(C)(C)C)C1.I. The fraction of sp³-hybridized carbons (Fsp3) is 0.579. The Morgan fingerprint density at radius 1 is 1.41 bits per heavy atom. The Hall–Kier alpha value is -1.71. The Balaban J connectivity index is 0.00000364. The smallest absolute Gasteiger partial charge is 0.407 e. The molecule has 0 spiro atoms. The van der Waals surface area contributed by atoms with E-state index in [1.54, 1.807) is 12.1 Å². The van der Waals surface area contributed by atoms with Crippen LogP contribution in [0, 0.1) is 0 Å². The number of rotatable bonds is 4. The number of aromatic hydroxyl groups is 1. The van der Waals surface area contributed by atoms with Crippen molar-refractivity contribution in [1.29, 1.82) is 0 Å². The monoisotopic (exact) mass is 490 g/mol. The number of ether oxygens (including phenoxy) is 1. The van der Waals surface area contributed by atoms with Gasteiger partial charge >= 0.3 is 6.09 Å². The topological polar surface area (TPSA) is 86.2 Å². The quantitative estimate of drug-likeness (QED) is 0.343. The molecule has 152 valence electrons. The second-order valence-corrected chi connectivity index (χ2v) is 7.42. The second kappa shape index (κ2) is 10.6. The molecule has 1 aliphatic heterocycles. The van der Waals surface area contributed by atoms with Crippen LogP contribution in [-0.2, 0) is 11.3 Å². The number of amides is 1. The minimum atomic E-state index is -0.500. The zero-order valence-electron chi connectivity index (χ0n) is 16.5. The molecule has 1 aliphatic rings. The standard InChI is InChI=1S/C19H30N4O3.HI/c1-5-20-17(21-12-14-7-6-8-16(24)11-14)23-10-9-15(13-23)22-18(25)26-19(2,3)4;/h6-8,11,15,24H,5,9-10,12-13H2,1-4H3,(H,20,21)(H,22,25);1H. The molecule has 2 rings (SSSR count). The molecule has 1 aromatic carbocycles. The van der Waals surface area contributed by atoms with E-state index in [1.165, 1.54) is 0 Å². The van der Waals surface area contributed by atoms with Gasteiger partial charge in [-0.2, -0.15) is 0 Å². The van der Waals surface area contributed by atoms with Gasteiger partial charge in [0.1, 0.15) is 11.4 Å². The first kappa shape index (κ1) is 23.3. The van der Waals surface area contributed by atoms with Crippen molar-refractivity contribution in [2.45, 2.75) is 52.3 Å².